The lowest BCUT2D eigenvalue weighted by Gasteiger charge is -2.08. The number of benzene rings is 1. The number of nitrogens with two attached hydrogens (primary N) is 1. The van der Waals surface area contributed by atoms with Crippen molar-refractivity contribution < 1.29 is 22.3 Å². The molecule has 0 saturated carbocycles. The summed E-state index contributed by atoms with van der Waals surface area (Å²) < 4.78 is 44.8. The average molecular weight is 284 g/mol. The number of alkyl halides is 3. The minimum absolute atomic E-state index is 0.267. The van der Waals surface area contributed by atoms with Gasteiger partial charge >= 0.3 is 6.36 Å². The summed E-state index contributed by atoms with van der Waals surface area (Å²) in [4.78, 5) is 4.06. The second kappa shape index (κ2) is 5.79. The van der Waals surface area contributed by atoms with E-state index in [2.05, 4.69) is 9.72 Å². The van der Waals surface area contributed by atoms with Crippen LogP contribution in [0.4, 0.5) is 13.2 Å². The van der Waals surface area contributed by atoms with E-state index in [4.69, 9.17) is 10.2 Å². The third-order valence-electron chi connectivity index (χ3n) is 2.31. The summed E-state index contributed by atoms with van der Waals surface area (Å²) in [5, 5.41) is 0. The molecule has 4 nitrogen and oxygen atoms in total. The predicted octanol–water partition coefficient (Wildman–Crippen LogP) is 3.20. The molecule has 0 atom stereocenters. The molecule has 7 heteroatoms. The fourth-order valence-electron chi connectivity index (χ4n) is 1.44. The van der Waals surface area contributed by atoms with Crippen molar-refractivity contribution in [2.24, 2.45) is 5.73 Å². The van der Waals surface area contributed by atoms with E-state index in [0.717, 1.165) is 0 Å². The predicted molar refractivity (Wildman–Crippen MR) is 66.4 cm³/mol. The van der Waals surface area contributed by atoms with E-state index in [1.54, 1.807) is 12.2 Å². The minimum atomic E-state index is -4.69. The molecule has 0 aliphatic rings. The number of hydrogen-bond acceptors (Lipinski definition) is 4. The summed E-state index contributed by atoms with van der Waals surface area (Å²) in [6.07, 6.45) is 0.0102. The van der Waals surface area contributed by atoms with Gasteiger partial charge in [-0.05, 0) is 23.8 Å². The van der Waals surface area contributed by atoms with Crippen LogP contribution in [0.15, 0.2) is 34.9 Å². The van der Waals surface area contributed by atoms with Crippen LogP contribution in [-0.2, 0) is 6.54 Å². The molecule has 0 unspecified atom stereocenters. The van der Waals surface area contributed by atoms with Gasteiger partial charge in [0, 0.05) is 12.6 Å². The molecule has 106 valence electrons. The zero-order valence-electron chi connectivity index (χ0n) is 10.2. The molecule has 2 aromatic rings. The van der Waals surface area contributed by atoms with E-state index < -0.39 is 6.36 Å². The molecular weight excluding hydrogens is 273 g/mol. The Balaban J connectivity index is 2.03. The molecule has 0 aliphatic carbocycles. The second-order valence-electron chi connectivity index (χ2n) is 3.83. The summed E-state index contributed by atoms with van der Waals surface area (Å²) >= 11 is 0. The minimum Gasteiger partial charge on any atom is -0.445 e. The van der Waals surface area contributed by atoms with Gasteiger partial charge in [-0.1, -0.05) is 12.1 Å². The summed E-state index contributed by atoms with van der Waals surface area (Å²) in [5.41, 5.74) is 6.70. The van der Waals surface area contributed by atoms with E-state index in [0.29, 0.717) is 17.1 Å². The van der Waals surface area contributed by atoms with E-state index in [1.807, 2.05) is 0 Å². The Hall–Kier alpha value is -2.28. The van der Waals surface area contributed by atoms with Crippen molar-refractivity contribution in [3.63, 3.8) is 0 Å². The molecule has 0 spiro atoms. The molecule has 0 fully saturated rings. The molecular formula is C13H11F3N2O2. The van der Waals surface area contributed by atoms with Crippen molar-refractivity contribution in [2.75, 3.05) is 0 Å². The fourth-order valence-corrected chi connectivity index (χ4v) is 1.44. The lowest BCUT2D eigenvalue weighted by molar-refractivity contribution is -0.274. The number of oxazole rings is 1. The highest BCUT2D eigenvalue weighted by Gasteiger charge is 2.30. The highest BCUT2D eigenvalue weighted by molar-refractivity contribution is 5.66. The van der Waals surface area contributed by atoms with E-state index >= 15 is 0 Å². The van der Waals surface area contributed by atoms with Gasteiger partial charge in [-0.15, -0.1) is 13.2 Å². The first-order chi connectivity index (χ1) is 9.46. The van der Waals surface area contributed by atoms with Crippen molar-refractivity contribution in [3.05, 3.63) is 47.7 Å². The fraction of sp³-hybridized carbons (Fsp3) is 0.154. The van der Waals surface area contributed by atoms with Crippen molar-refractivity contribution in [1.82, 2.24) is 4.98 Å². The Morgan fingerprint density at radius 1 is 1.20 bits per heavy atom. The topological polar surface area (TPSA) is 61.3 Å². The van der Waals surface area contributed by atoms with Crippen LogP contribution in [0.3, 0.4) is 0 Å². The van der Waals surface area contributed by atoms with Crippen LogP contribution in [-0.4, -0.2) is 11.3 Å². The highest BCUT2D eigenvalue weighted by Crippen LogP contribution is 2.23. The molecule has 2 N–H and O–H groups in total. The quantitative estimate of drug-likeness (QED) is 0.936. The van der Waals surface area contributed by atoms with Gasteiger partial charge in [0.25, 0.3) is 0 Å². The van der Waals surface area contributed by atoms with Crippen LogP contribution in [0.25, 0.3) is 12.2 Å². The van der Waals surface area contributed by atoms with Crippen LogP contribution in [0.2, 0.25) is 0 Å². The Kier molecular flexibility index (Phi) is 4.09. The van der Waals surface area contributed by atoms with Gasteiger partial charge in [0.15, 0.2) is 0 Å². The van der Waals surface area contributed by atoms with Gasteiger partial charge < -0.3 is 14.9 Å². The lowest BCUT2D eigenvalue weighted by atomic mass is 10.2. The van der Waals surface area contributed by atoms with Crippen molar-refractivity contribution in [2.45, 2.75) is 12.9 Å². The van der Waals surface area contributed by atoms with Crippen LogP contribution in [0.5, 0.6) is 5.75 Å². The summed E-state index contributed by atoms with van der Waals surface area (Å²) in [6.45, 7) is 0.279. The Morgan fingerprint density at radius 3 is 2.45 bits per heavy atom. The van der Waals surface area contributed by atoms with Gasteiger partial charge in [-0.3, -0.25) is 0 Å². The van der Waals surface area contributed by atoms with E-state index in [9.17, 15) is 13.2 Å². The smallest absolute Gasteiger partial charge is 0.445 e. The Labute approximate surface area is 112 Å². The van der Waals surface area contributed by atoms with E-state index in [1.165, 1.54) is 30.5 Å². The van der Waals surface area contributed by atoms with Crippen molar-refractivity contribution >= 4 is 12.2 Å². The number of aromatic nitrogens is 1. The van der Waals surface area contributed by atoms with Crippen LogP contribution < -0.4 is 10.5 Å². The van der Waals surface area contributed by atoms with Crippen LogP contribution in [0.1, 0.15) is 17.1 Å². The van der Waals surface area contributed by atoms with E-state index in [-0.39, 0.29) is 12.3 Å². The Morgan fingerprint density at radius 2 is 1.90 bits per heavy atom. The molecule has 20 heavy (non-hydrogen) atoms. The molecule has 2 rings (SSSR count). The molecule has 1 heterocycles. The van der Waals surface area contributed by atoms with Crippen LogP contribution >= 0.6 is 0 Å². The molecule has 0 amide bonds. The van der Waals surface area contributed by atoms with Crippen molar-refractivity contribution in [1.29, 1.82) is 0 Å². The standard InChI is InChI=1S/C13H11F3N2O2/c14-13(15,16)20-11-4-1-9(2-5-11)3-6-12-18-10(7-17)8-19-12/h1-6,8H,7,17H2. The lowest BCUT2D eigenvalue weighted by Crippen LogP contribution is -2.16. The second-order valence-corrected chi connectivity index (χ2v) is 3.83. The number of halogens is 3. The van der Waals surface area contributed by atoms with Crippen molar-refractivity contribution in [3.8, 4) is 5.75 Å². The zero-order chi connectivity index (χ0) is 14.6. The summed E-state index contributed by atoms with van der Waals surface area (Å²) in [6, 6.07) is 5.44. The molecule has 1 aromatic heterocycles. The summed E-state index contributed by atoms with van der Waals surface area (Å²) in [5.74, 6) is 0.109. The normalized spacial score (nSPS) is 12.0. The highest BCUT2D eigenvalue weighted by atomic mass is 19.4. The van der Waals surface area contributed by atoms with Gasteiger partial charge in [0.1, 0.15) is 12.0 Å². The average Bonchev–Trinajstić information content (AvgIpc) is 2.84. The maximum Gasteiger partial charge on any atom is 0.573 e. The first kappa shape index (κ1) is 14.1. The number of hydrogen-bond donors (Lipinski definition) is 1. The van der Waals surface area contributed by atoms with Crippen LogP contribution in [0, 0.1) is 0 Å². The maximum atomic E-state index is 12.0. The maximum absolute atomic E-state index is 12.0. The summed E-state index contributed by atoms with van der Waals surface area (Å²) in [7, 11) is 0. The zero-order valence-corrected chi connectivity index (χ0v) is 10.2. The third kappa shape index (κ3) is 4.13. The number of nitrogens with zero attached hydrogens (tertiary/aromatic N) is 1. The largest absolute Gasteiger partial charge is 0.573 e. The molecule has 0 saturated heterocycles. The number of ether oxygens (including phenoxy) is 1. The molecule has 0 aliphatic heterocycles. The molecule has 1 aromatic carbocycles. The number of rotatable bonds is 4. The molecule has 0 radical (unpaired) electrons. The SMILES string of the molecule is NCc1coc(C=Cc2ccc(OC(F)(F)F)cc2)n1. The van der Waals surface area contributed by atoms with Gasteiger partial charge in [0.2, 0.25) is 5.89 Å². The Bertz CT molecular complexity index is 588. The monoisotopic (exact) mass is 284 g/mol. The first-order valence-corrected chi connectivity index (χ1v) is 5.64. The van der Waals surface area contributed by atoms with Gasteiger partial charge in [0.05, 0.1) is 5.69 Å². The van der Waals surface area contributed by atoms with Gasteiger partial charge in [-0.25, -0.2) is 4.98 Å². The third-order valence-corrected chi connectivity index (χ3v) is 2.31. The molecule has 0 bridgehead atoms. The van der Waals surface area contributed by atoms with Gasteiger partial charge in [-0.2, -0.15) is 0 Å². The first-order valence-electron chi connectivity index (χ1n) is 5.64.